The molecule has 3 heterocycles. The van der Waals surface area contributed by atoms with Gasteiger partial charge in [0.2, 0.25) is 11.8 Å². The van der Waals surface area contributed by atoms with E-state index in [2.05, 4.69) is 41.2 Å². The first-order valence-electron chi connectivity index (χ1n) is 10.1. The highest BCUT2D eigenvalue weighted by Crippen LogP contribution is 2.30. The molecule has 0 bridgehead atoms. The van der Waals surface area contributed by atoms with E-state index in [0.717, 1.165) is 24.4 Å². The smallest absolute Gasteiger partial charge is 0.228 e. The predicted molar refractivity (Wildman–Crippen MR) is 106 cm³/mol. The summed E-state index contributed by atoms with van der Waals surface area (Å²) >= 11 is 0. The molecule has 2 amide bonds. The fourth-order valence-electron chi connectivity index (χ4n) is 4.20. The van der Waals surface area contributed by atoms with Crippen molar-refractivity contribution in [1.29, 1.82) is 0 Å². The standard InChI is InChI=1S/C21H27N5O2/c1-14(2)15-3-5-18(6-4-15)26-12-17(11-19(26)27)21(28)25-9-7-16(8-10-25)20-22-13-23-24-20/h3-6,13-14,16-17H,7-12H2,1-2H3,(H,22,23,24). The minimum absolute atomic E-state index is 0.0344. The molecule has 2 fully saturated rings. The van der Waals surface area contributed by atoms with E-state index in [1.165, 1.54) is 11.9 Å². The molecule has 148 valence electrons. The van der Waals surface area contributed by atoms with Gasteiger partial charge in [0.25, 0.3) is 0 Å². The van der Waals surface area contributed by atoms with Gasteiger partial charge < -0.3 is 9.80 Å². The predicted octanol–water partition coefficient (Wildman–Crippen LogP) is 2.69. The van der Waals surface area contributed by atoms with Crippen LogP contribution in [0.15, 0.2) is 30.6 Å². The first kappa shape index (κ1) is 18.7. The average molecular weight is 381 g/mol. The average Bonchev–Trinajstić information content (AvgIpc) is 3.38. The van der Waals surface area contributed by atoms with Crippen LogP contribution in [0, 0.1) is 5.92 Å². The largest absolute Gasteiger partial charge is 0.342 e. The molecule has 0 radical (unpaired) electrons. The number of H-pyrrole nitrogens is 1. The monoisotopic (exact) mass is 381 g/mol. The Morgan fingerprint density at radius 2 is 1.89 bits per heavy atom. The van der Waals surface area contributed by atoms with Crippen LogP contribution in [0.4, 0.5) is 5.69 Å². The first-order chi connectivity index (χ1) is 13.5. The maximum atomic E-state index is 13.0. The molecular formula is C21H27N5O2. The summed E-state index contributed by atoms with van der Waals surface area (Å²) in [7, 11) is 0. The third-order valence-electron chi connectivity index (χ3n) is 5.97. The van der Waals surface area contributed by atoms with E-state index < -0.39 is 0 Å². The summed E-state index contributed by atoms with van der Waals surface area (Å²) in [6.45, 7) is 6.18. The fraction of sp³-hybridized carbons (Fsp3) is 0.524. The molecule has 7 nitrogen and oxygen atoms in total. The second-order valence-electron chi connectivity index (χ2n) is 8.12. The van der Waals surface area contributed by atoms with Crippen LogP contribution in [0.5, 0.6) is 0 Å². The summed E-state index contributed by atoms with van der Waals surface area (Å²) in [5.41, 5.74) is 2.13. The Labute approximate surface area is 165 Å². The second-order valence-corrected chi connectivity index (χ2v) is 8.12. The van der Waals surface area contributed by atoms with Gasteiger partial charge in [-0.05, 0) is 36.5 Å². The summed E-state index contributed by atoms with van der Waals surface area (Å²) < 4.78 is 0. The normalized spacial score (nSPS) is 21.0. The molecule has 2 aromatic rings. The summed E-state index contributed by atoms with van der Waals surface area (Å²) in [4.78, 5) is 33.4. The number of aromatic amines is 1. The van der Waals surface area contributed by atoms with Crippen LogP contribution in [0.3, 0.4) is 0 Å². The van der Waals surface area contributed by atoms with Crippen molar-refractivity contribution in [2.24, 2.45) is 5.92 Å². The van der Waals surface area contributed by atoms with Gasteiger partial charge in [0.1, 0.15) is 12.2 Å². The number of rotatable bonds is 4. The van der Waals surface area contributed by atoms with E-state index in [4.69, 9.17) is 0 Å². The Hall–Kier alpha value is -2.70. The molecule has 28 heavy (non-hydrogen) atoms. The second kappa shape index (κ2) is 7.73. The zero-order valence-electron chi connectivity index (χ0n) is 16.5. The van der Waals surface area contributed by atoms with Gasteiger partial charge in [-0.2, -0.15) is 5.10 Å². The van der Waals surface area contributed by atoms with Crippen LogP contribution in [-0.4, -0.2) is 51.5 Å². The highest BCUT2D eigenvalue weighted by atomic mass is 16.2. The van der Waals surface area contributed by atoms with Gasteiger partial charge in [-0.25, -0.2) is 4.98 Å². The molecule has 1 N–H and O–H groups in total. The summed E-state index contributed by atoms with van der Waals surface area (Å²) in [6.07, 6.45) is 3.58. The zero-order valence-corrected chi connectivity index (χ0v) is 16.5. The van der Waals surface area contributed by atoms with E-state index in [-0.39, 0.29) is 17.7 Å². The number of nitrogens with one attached hydrogen (secondary N) is 1. The van der Waals surface area contributed by atoms with Crippen LogP contribution in [0.2, 0.25) is 0 Å². The Kier molecular flexibility index (Phi) is 5.15. The molecule has 1 aromatic carbocycles. The van der Waals surface area contributed by atoms with E-state index in [1.54, 1.807) is 4.90 Å². The molecular weight excluding hydrogens is 354 g/mol. The maximum absolute atomic E-state index is 13.0. The number of amides is 2. The SMILES string of the molecule is CC(C)c1ccc(N2CC(C(=O)N3CCC(c4ncn[nH]4)CC3)CC2=O)cc1. The molecule has 0 spiro atoms. The van der Waals surface area contributed by atoms with E-state index in [1.807, 2.05) is 17.0 Å². The van der Waals surface area contributed by atoms with Crippen molar-refractivity contribution < 1.29 is 9.59 Å². The van der Waals surface area contributed by atoms with Crippen molar-refractivity contribution in [3.05, 3.63) is 42.0 Å². The lowest BCUT2D eigenvalue weighted by Crippen LogP contribution is -2.42. The molecule has 0 aliphatic carbocycles. The van der Waals surface area contributed by atoms with Gasteiger partial charge in [0, 0.05) is 37.7 Å². The van der Waals surface area contributed by atoms with Crippen LogP contribution in [0.1, 0.15) is 56.3 Å². The third-order valence-corrected chi connectivity index (χ3v) is 5.97. The number of carbonyl (C=O) groups excluding carboxylic acids is 2. The molecule has 2 aliphatic heterocycles. The number of hydrogen-bond donors (Lipinski definition) is 1. The molecule has 1 unspecified atom stereocenters. The summed E-state index contributed by atoms with van der Waals surface area (Å²) in [6, 6.07) is 8.11. The van der Waals surface area contributed by atoms with Crippen molar-refractivity contribution in [2.75, 3.05) is 24.5 Å². The fourth-order valence-corrected chi connectivity index (χ4v) is 4.20. The van der Waals surface area contributed by atoms with E-state index >= 15 is 0 Å². The van der Waals surface area contributed by atoms with Gasteiger partial charge in [0.15, 0.2) is 0 Å². The van der Waals surface area contributed by atoms with Crippen molar-refractivity contribution in [2.45, 2.75) is 44.9 Å². The first-order valence-corrected chi connectivity index (χ1v) is 10.1. The number of carbonyl (C=O) groups is 2. The number of piperidine rings is 1. The molecule has 0 saturated carbocycles. The maximum Gasteiger partial charge on any atom is 0.228 e. The number of likely N-dealkylation sites (tertiary alicyclic amines) is 1. The van der Waals surface area contributed by atoms with Crippen molar-refractivity contribution in [3.8, 4) is 0 Å². The van der Waals surface area contributed by atoms with Crippen LogP contribution < -0.4 is 4.90 Å². The van der Waals surface area contributed by atoms with Crippen molar-refractivity contribution in [3.63, 3.8) is 0 Å². The Morgan fingerprint density at radius 3 is 2.50 bits per heavy atom. The molecule has 1 atom stereocenters. The number of nitrogens with zero attached hydrogens (tertiary/aromatic N) is 4. The molecule has 1 aromatic heterocycles. The number of aromatic nitrogens is 3. The minimum atomic E-state index is -0.251. The molecule has 4 rings (SSSR count). The van der Waals surface area contributed by atoms with Gasteiger partial charge in [-0.3, -0.25) is 14.7 Å². The lowest BCUT2D eigenvalue weighted by molar-refractivity contribution is -0.136. The van der Waals surface area contributed by atoms with Crippen LogP contribution in [-0.2, 0) is 9.59 Å². The van der Waals surface area contributed by atoms with Crippen molar-refractivity contribution >= 4 is 17.5 Å². The zero-order chi connectivity index (χ0) is 19.7. The Bertz CT molecular complexity index is 823. The summed E-state index contributed by atoms with van der Waals surface area (Å²) in [5.74, 6) is 1.57. The minimum Gasteiger partial charge on any atom is -0.342 e. The van der Waals surface area contributed by atoms with E-state index in [9.17, 15) is 9.59 Å². The number of benzene rings is 1. The summed E-state index contributed by atoms with van der Waals surface area (Å²) in [5, 5.41) is 6.85. The Morgan fingerprint density at radius 1 is 1.18 bits per heavy atom. The van der Waals surface area contributed by atoms with Gasteiger partial charge in [-0.1, -0.05) is 26.0 Å². The van der Waals surface area contributed by atoms with Crippen LogP contribution in [0.25, 0.3) is 0 Å². The number of hydrogen-bond acceptors (Lipinski definition) is 4. The number of anilines is 1. The van der Waals surface area contributed by atoms with Crippen LogP contribution >= 0.6 is 0 Å². The third kappa shape index (κ3) is 3.66. The van der Waals surface area contributed by atoms with Gasteiger partial charge in [0.05, 0.1) is 5.92 Å². The van der Waals surface area contributed by atoms with Gasteiger partial charge in [-0.15, -0.1) is 0 Å². The topological polar surface area (TPSA) is 82.2 Å². The highest BCUT2D eigenvalue weighted by molar-refractivity contribution is 6.00. The van der Waals surface area contributed by atoms with E-state index in [0.29, 0.717) is 37.9 Å². The lowest BCUT2D eigenvalue weighted by Gasteiger charge is -2.32. The lowest BCUT2D eigenvalue weighted by atomic mass is 9.95. The molecule has 2 aliphatic rings. The Balaban J connectivity index is 1.36. The highest BCUT2D eigenvalue weighted by Gasteiger charge is 2.38. The molecule has 2 saturated heterocycles. The van der Waals surface area contributed by atoms with Gasteiger partial charge >= 0.3 is 0 Å². The molecule has 7 heteroatoms. The quantitative estimate of drug-likeness (QED) is 0.883. The van der Waals surface area contributed by atoms with Crippen molar-refractivity contribution in [1.82, 2.24) is 20.1 Å².